The van der Waals surface area contributed by atoms with Crippen molar-refractivity contribution >= 4 is 15.9 Å². The molecule has 0 heterocycles. The second-order valence-corrected chi connectivity index (χ2v) is 4.19. The van der Waals surface area contributed by atoms with E-state index in [-0.39, 0.29) is 0 Å². The summed E-state index contributed by atoms with van der Waals surface area (Å²) in [5.74, 6) is 0. The Morgan fingerprint density at radius 3 is 2.20 bits per heavy atom. The van der Waals surface area contributed by atoms with Crippen molar-refractivity contribution < 1.29 is 0 Å². The van der Waals surface area contributed by atoms with Crippen molar-refractivity contribution in [3.8, 4) is 0 Å². The van der Waals surface area contributed by atoms with E-state index in [9.17, 15) is 0 Å². The van der Waals surface area contributed by atoms with Gasteiger partial charge in [0.05, 0.1) is 0 Å². The van der Waals surface area contributed by atoms with Crippen molar-refractivity contribution in [2.24, 2.45) is 5.41 Å². The zero-order valence-electron chi connectivity index (χ0n) is 7.45. The van der Waals surface area contributed by atoms with Crippen LogP contribution in [-0.2, 0) is 0 Å². The van der Waals surface area contributed by atoms with Gasteiger partial charge >= 0.3 is 0 Å². The van der Waals surface area contributed by atoms with Crippen LogP contribution in [0.2, 0.25) is 0 Å². The predicted octanol–water partition coefficient (Wildman–Crippen LogP) is 2.36. The van der Waals surface area contributed by atoms with Crippen LogP contribution in [0.15, 0.2) is 0 Å². The largest absolute Gasteiger partial charge is 0.306 e. The molecule has 1 nitrogen and oxygen atoms in total. The van der Waals surface area contributed by atoms with Gasteiger partial charge in [0.25, 0.3) is 0 Å². The average molecular weight is 208 g/mol. The van der Waals surface area contributed by atoms with Crippen LogP contribution >= 0.6 is 15.9 Å². The molecule has 0 aliphatic heterocycles. The van der Waals surface area contributed by atoms with Crippen molar-refractivity contribution in [3.63, 3.8) is 0 Å². The fourth-order valence-corrected chi connectivity index (χ4v) is 1.06. The summed E-state index contributed by atoms with van der Waals surface area (Å²) in [4.78, 5) is 2.33. The van der Waals surface area contributed by atoms with E-state index in [0.29, 0.717) is 5.41 Å². The normalized spacial score (nSPS) is 12.6. The molecule has 0 aromatic rings. The minimum absolute atomic E-state index is 0.408. The molecule has 0 radical (unpaired) electrons. The zero-order valence-corrected chi connectivity index (χ0v) is 9.03. The van der Waals surface area contributed by atoms with E-state index in [2.05, 4.69) is 48.6 Å². The maximum atomic E-state index is 3.50. The van der Waals surface area contributed by atoms with Gasteiger partial charge in [0.1, 0.15) is 0 Å². The first-order chi connectivity index (χ1) is 4.52. The summed E-state index contributed by atoms with van der Waals surface area (Å²) in [6.07, 6.45) is 0. The van der Waals surface area contributed by atoms with Crippen LogP contribution in [0.5, 0.6) is 0 Å². The number of rotatable bonds is 4. The molecule has 0 spiro atoms. The lowest BCUT2D eigenvalue weighted by Crippen LogP contribution is -2.32. The van der Waals surface area contributed by atoms with Gasteiger partial charge in [-0.3, -0.25) is 0 Å². The third-order valence-electron chi connectivity index (χ3n) is 1.60. The second kappa shape index (κ2) is 4.35. The first-order valence-corrected chi connectivity index (χ1v) is 4.88. The Balaban J connectivity index is 3.64. The summed E-state index contributed by atoms with van der Waals surface area (Å²) >= 11 is 3.50. The summed E-state index contributed by atoms with van der Waals surface area (Å²) in [6.45, 7) is 9.03. The SMILES string of the molecule is CCN(C)CC(C)(C)CBr. The Kier molecular flexibility index (Phi) is 4.54. The van der Waals surface area contributed by atoms with Gasteiger partial charge in [0, 0.05) is 11.9 Å². The molecular weight excluding hydrogens is 190 g/mol. The van der Waals surface area contributed by atoms with Crippen LogP contribution in [0.1, 0.15) is 20.8 Å². The highest BCUT2D eigenvalue weighted by molar-refractivity contribution is 9.09. The Labute approximate surface area is 72.9 Å². The minimum Gasteiger partial charge on any atom is -0.306 e. The molecule has 0 amide bonds. The summed E-state index contributed by atoms with van der Waals surface area (Å²) in [6, 6.07) is 0. The fourth-order valence-electron chi connectivity index (χ4n) is 0.885. The Hall–Kier alpha value is 0.440. The number of alkyl halides is 1. The summed E-state index contributed by atoms with van der Waals surface area (Å²) in [5.41, 5.74) is 0.408. The molecule has 0 bridgehead atoms. The molecule has 10 heavy (non-hydrogen) atoms. The lowest BCUT2D eigenvalue weighted by Gasteiger charge is -2.27. The molecule has 0 saturated heterocycles. The van der Waals surface area contributed by atoms with E-state index in [1.165, 1.54) is 0 Å². The topological polar surface area (TPSA) is 3.24 Å². The predicted molar refractivity (Wildman–Crippen MR) is 50.7 cm³/mol. The number of nitrogens with zero attached hydrogens (tertiary/aromatic N) is 1. The highest BCUT2D eigenvalue weighted by atomic mass is 79.9. The summed E-state index contributed by atoms with van der Waals surface area (Å²) in [7, 11) is 2.16. The van der Waals surface area contributed by atoms with Crippen LogP contribution in [-0.4, -0.2) is 30.4 Å². The van der Waals surface area contributed by atoms with Crippen molar-refractivity contribution in [3.05, 3.63) is 0 Å². The van der Waals surface area contributed by atoms with Gasteiger partial charge in [-0.1, -0.05) is 36.7 Å². The molecule has 0 N–H and O–H groups in total. The molecular formula is C8H18BrN. The van der Waals surface area contributed by atoms with Crippen molar-refractivity contribution in [2.45, 2.75) is 20.8 Å². The molecule has 0 aromatic carbocycles. The highest BCUT2D eigenvalue weighted by Gasteiger charge is 2.17. The zero-order chi connectivity index (χ0) is 8.20. The molecule has 0 atom stereocenters. The highest BCUT2D eigenvalue weighted by Crippen LogP contribution is 2.18. The Bertz CT molecular complexity index is 91.3. The Morgan fingerprint density at radius 2 is 1.90 bits per heavy atom. The third-order valence-corrected chi connectivity index (χ3v) is 3.12. The maximum absolute atomic E-state index is 3.50. The van der Waals surface area contributed by atoms with Gasteiger partial charge in [-0.25, -0.2) is 0 Å². The first kappa shape index (κ1) is 10.4. The number of hydrogen-bond donors (Lipinski definition) is 0. The van der Waals surface area contributed by atoms with Crippen molar-refractivity contribution in [1.29, 1.82) is 0 Å². The van der Waals surface area contributed by atoms with E-state index in [4.69, 9.17) is 0 Å². The monoisotopic (exact) mass is 207 g/mol. The maximum Gasteiger partial charge on any atom is 0.00949 e. The van der Waals surface area contributed by atoms with E-state index in [1.54, 1.807) is 0 Å². The molecule has 0 aliphatic rings. The smallest absolute Gasteiger partial charge is 0.00949 e. The second-order valence-electron chi connectivity index (χ2n) is 3.63. The van der Waals surface area contributed by atoms with Gasteiger partial charge in [-0.15, -0.1) is 0 Å². The van der Waals surface area contributed by atoms with Crippen LogP contribution in [0.4, 0.5) is 0 Å². The van der Waals surface area contributed by atoms with Crippen LogP contribution < -0.4 is 0 Å². The van der Waals surface area contributed by atoms with E-state index >= 15 is 0 Å². The quantitative estimate of drug-likeness (QED) is 0.641. The van der Waals surface area contributed by atoms with Gasteiger partial charge < -0.3 is 4.90 Å². The van der Waals surface area contributed by atoms with E-state index in [0.717, 1.165) is 18.4 Å². The average Bonchev–Trinajstić information content (AvgIpc) is 1.87. The van der Waals surface area contributed by atoms with Crippen LogP contribution in [0, 0.1) is 5.41 Å². The number of halogens is 1. The number of hydrogen-bond acceptors (Lipinski definition) is 1. The van der Waals surface area contributed by atoms with Gasteiger partial charge in [-0.2, -0.15) is 0 Å². The Morgan fingerprint density at radius 1 is 1.40 bits per heavy atom. The van der Waals surface area contributed by atoms with E-state index < -0.39 is 0 Å². The van der Waals surface area contributed by atoms with E-state index in [1.807, 2.05) is 0 Å². The lowest BCUT2D eigenvalue weighted by molar-refractivity contribution is 0.241. The van der Waals surface area contributed by atoms with Crippen molar-refractivity contribution in [1.82, 2.24) is 4.90 Å². The molecule has 0 unspecified atom stereocenters. The van der Waals surface area contributed by atoms with Gasteiger partial charge in [0.2, 0.25) is 0 Å². The lowest BCUT2D eigenvalue weighted by atomic mass is 9.96. The molecule has 0 fully saturated rings. The van der Waals surface area contributed by atoms with Crippen LogP contribution in [0.25, 0.3) is 0 Å². The van der Waals surface area contributed by atoms with Crippen molar-refractivity contribution in [2.75, 3.05) is 25.5 Å². The molecule has 0 aliphatic carbocycles. The first-order valence-electron chi connectivity index (χ1n) is 3.76. The molecule has 0 rings (SSSR count). The summed E-state index contributed by atoms with van der Waals surface area (Å²) in [5, 5.41) is 1.07. The molecule has 0 saturated carbocycles. The summed E-state index contributed by atoms with van der Waals surface area (Å²) < 4.78 is 0. The fraction of sp³-hybridized carbons (Fsp3) is 1.00. The third kappa shape index (κ3) is 4.29. The van der Waals surface area contributed by atoms with Gasteiger partial charge in [-0.05, 0) is 19.0 Å². The standard InChI is InChI=1S/C8H18BrN/c1-5-10(4)7-8(2,3)6-9/h5-7H2,1-4H3. The molecule has 0 aromatic heterocycles. The molecule has 62 valence electrons. The minimum atomic E-state index is 0.408. The van der Waals surface area contributed by atoms with Gasteiger partial charge in [0.15, 0.2) is 0 Å². The molecule has 2 heteroatoms. The van der Waals surface area contributed by atoms with Crippen LogP contribution in [0.3, 0.4) is 0 Å².